The van der Waals surface area contributed by atoms with E-state index in [4.69, 9.17) is 27.9 Å². The number of carbonyl (C=O) groups excluding carboxylic acids is 1. The molecule has 12 heavy (non-hydrogen) atoms. The number of rotatable bonds is 2. The van der Waals surface area contributed by atoms with Crippen LogP contribution in [-0.2, 0) is 0 Å². The summed E-state index contributed by atoms with van der Waals surface area (Å²) in [6, 6.07) is 1.38. The Bertz CT molecular complexity index is 315. The maximum Gasteiger partial charge on any atom is 0.226 e. The average molecular weight is 206 g/mol. The summed E-state index contributed by atoms with van der Waals surface area (Å²) in [5.74, 6) is 0.141. The molecule has 1 aromatic heterocycles. The molecule has 0 atom stereocenters. The van der Waals surface area contributed by atoms with E-state index in [9.17, 15) is 4.79 Å². The van der Waals surface area contributed by atoms with Crippen molar-refractivity contribution in [2.24, 2.45) is 0 Å². The molecule has 0 N–H and O–H groups in total. The molecule has 0 spiro atoms. The zero-order valence-electron chi connectivity index (χ0n) is 6.17. The normalized spacial score (nSPS) is 9.58. The summed E-state index contributed by atoms with van der Waals surface area (Å²) in [5.41, 5.74) is 0.212. The Labute approximate surface area is 79.3 Å². The fraction of sp³-hybridized carbons (Fsp3) is 0.143. The number of pyridine rings is 1. The molecule has 0 radical (unpaired) electrons. The quantitative estimate of drug-likeness (QED) is 0.550. The van der Waals surface area contributed by atoms with Crippen LogP contribution in [0.3, 0.4) is 0 Å². The predicted molar refractivity (Wildman–Crippen MR) is 46.2 cm³/mol. The Morgan fingerprint density at radius 3 is 2.75 bits per heavy atom. The van der Waals surface area contributed by atoms with Crippen LogP contribution in [0.5, 0.6) is 5.88 Å². The van der Waals surface area contributed by atoms with Crippen LogP contribution in [-0.4, -0.2) is 18.4 Å². The summed E-state index contributed by atoms with van der Waals surface area (Å²) in [6.45, 7) is 0. The van der Waals surface area contributed by atoms with Gasteiger partial charge < -0.3 is 4.74 Å². The van der Waals surface area contributed by atoms with Gasteiger partial charge in [-0.1, -0.05) is 23.2 Å². The molecule has 0 saturated carbocycles. The van der Waals surface area contributed by atoms with E-state index < -0.39 is 0 Å². The summed E-state index contributed by atoms with van der Waals surface area (Å²) >= 11 is 11.2. The number of ether oxygens (including phenoxy) is 1. The van der Waals surface area contributed by atoms with E-state index in [1.807, 2.05) is 0 Å². The maximum absolute atomic E-state index is 10.5. The lowest BCUT2D eigenvalue weighted by Gasteiger charge is -2.03. The fourth-order valence-corrected chi connectivity index (χ4v) is 1.21. The summed E-state index contributed by atoms with van der Waals surface area (Å²) < 4.78 is 4.79. The molecule has 0 aliphatic heterocycles. The van der Waals surface area contributed by atoms with Gasteiger partial charge in [-0.25, -0.2) is 4.98 Å². The third-order valence-corrected chi connectivity index (χ3v) is 1.76. The number of aromatic nitrogens is 1. The highest BCUT2D eigenvalue weighted by Gasteiger charge is 2.09. The number of methoxy groups -OCH3 is 1. The first kappa shape index (κ1) is 9.29. The average Bonchev–Trinajstić information content (AvgIpc) is 2.03. The first-order valence-corrected chi connectivity index (χ1v) is 3.80. The second-order valence-electron chi connectivity index (χ2n) is 1.97. The molecule has 64 valence electrons. The standard InChI is InChI=1S/C7H5Cl2NO2/c1-12-7-4(3-11)5(8)2-6(9)10-7/h2-3H,1H3. The molecule has 1 aromatic rings. The Morgan fingerprint density at radius 1 is 1.58 bits per heavy atom. The third kappa shape index (κ3) is 1.68. The zero-order chi connectivity index (χ0) is 9.14. The van der Waals surface area contributed by atoms with Crippen LogP contribution in [0, 0.1) is 0 Å². The minimum atomic E-state index is 0.141. The molecule has 1 rings (SSSR count). The molecule has 1 heterocycles. The number of hydrogen-bond donors (Lipinski definition) is 0. The van der Waals surface area contributed by atoms with Gasteiger partial charge in [-0.15, -0.1) is 0 Å². The van der Waals surface area contributed by atoms with Gasteiger partial charge in [0.1, 0.15) is 5.15 Å². The highest BCUT2D eigenvalue weighted by Crippen LogP contribution is 2.25. The Morgan fingerprint density at radius 2 is 2.25 bits per heavy atom. The predicted octanol–water partition coefficient (Wildman–Crippen LogP) is 2.21. The minimum Gasteiger partial charge on any atom is -0.480 e. The van der Waals surface area contributed by atoms with Gasteiger partial charge in [0, 0.05) is 0 Å². The van der Waals surface area contributed by atoms with Crippen LogP contribution in [0.1, 0.15) is 10.4 Å². The van der Waals surface area contributed by atoms with Crippen molar-refractivity contribution < 1.29 is 9.53 Å². The third-order valence-electron chi connectivity index (χ3n) is 1.25. The zero-order valence-corrected chi connectivity index (χ0v) is 7.69. The van der Waals surface area contributed by atoms with E-state index in [2.05, 4.69) is 4.98 Å². The summed E-state index contributed by atoms with van der Waals surface area (Å²) in [4.78, 5) is 14.2. The van der Waals surface area contributed by atoms with Crippen molar-refractivity contribution in [3.63, 3.8) is 0 Å². The lowest BCUT2D eigenvalue weighted by atomic mass is 10.3. The van der Waals surface area contributed by atoms with Crippen LogP contribution in [0.4, 0.5) is 0 Å². The Hall–Kier alpha value is -0.800. The van der Waals surface area contributed by atoms with Crippen molar-refractivity contribution in [1.82, 2.24) is 4.98 Å². The van der Waals surface area contributed by atoms with Crippen molar-refractivity contribution in [2.45, 2.75) is 0 Å². The van der Waals surface area contributed by atoms with Crippen LogP contribution in [0.2, 0.25) is 10.2 Å². The number of halogens is 2. The van der Waals surface area contributed by atoms with E-state index in [-0.39, 0.29) is 21.6 Å². The maximum atomic E-state index is 10.5. The first-order valence-electron chi connectivity index (χ1n) is 3.04. The SMILES string of the molecule is COc1nc(Cl)cc(Cl)c1C=O. The van der Waals surface area contributed by atoms with Crippen LogP contribution in [0.15, 0.2) is 6.07 Å². The number of carbonyl (C=O) groups is 1. The molecule has 5 heteroatoms. The van der Waals surface area contributed by atoms with Crippen molar-refractivity contribution in [3.05, 3.63) is 21.8 Å². The minimum absolute atomic E-state index is 0.141. The summed E-state index contributed by atoms with van der Waals surface area (Å²) in [6.07, 6.45) is 0.574. The van der Waals surface area contributed by atoms with E-state index in [0.29, 0.717) is 6.29 Å². The lowest BCUT2D eigenvalue weighted by Crippen LogP contribution is -1.95. The Kier molecular flexibility index (Phi) is 2.89. The molecule has 0 saturated heterocycles. The smallest absolute Gasteiger partial charge is 0.226 e. The van der Waals surface area contributed by atoms with E-state index in [1.54, 1.807) is 0 Å². The lowest BCUT2D eigenvalue weighted by molar-refractivity contribution is 0.112. The Balaban J connectivity index is 3.33. The topological polar surface area (TPSA) is 39.2 Å². The van der Waals surface area contributed by atoms with E-state index >= 15 is 0 Å². The number of aldehydes is 1. The molecule has 0 bridgehead atoms. The van der Waals surface area contributed by atoms with Crippen LogP contribution >= 0.6 is 23.2 Å². The van der Waals surface area contributed by atoms with Crippen LogP contribution in [0.25, 0.3) is 0 Å². The molecule has 0 aromatic carbocycles. The summed E-state index contributed by atoms with van der Waals surface area (Å²) in [7, 11) is 1.39. The summed E-state index contributed by atoms with van der Waals surface area (Å²) in [5, 5.41) is 0.435. The monoisotopic (exact) mass is 205 g/mol. The van der Waals surface area contributed by atoms with Crippen molar-refractivity contribution >= 4 is 29.5 Å². The number of nitrogens with zero attached hydrogens (tertiary/aromatic N) is 1. The molecule has 0 fully saturated rings. The molecule has 0 aliphatic carbocycles. The van der Waals surface area contributed by atoms with Gasteiger partial charge in [0.2, 0.25) is 5.88 Å². The van der Waals surface area contributed by atoms with Crippen molar-refractivity contribution in [2.75, 3.05) is 7.11 Å². The van der Waals surface area contributed by atoms with Gasteiger partial charge in [0.25, 0.3) is 0 Å². The van der Waals surface area contributed by atoms with Gasteiger partial charge in [-0.3, -0.25) is 4.79 Å². The second kappa shape index (κ2) is 3.74. The van der Waals surface area contributed by atoms with E-state index in [0.717, 1.165) is 0 Å². The molecule has 0 amide bonds. The second-order valence-corrected chi connectivity index (χ2v) is 2.76. The van der Waals surface area contributed by atoms with Crippen molar-refractivity contribution in [3.8, 4) is 5.88 Å². The highest BCUT2D eigenvalue weighted by atomic mass is 35.5. The molecular weight excluding hydrogens is 201 g/mol. The number of hydrogen-bond acceptors (Lipinski definition) is 3. The molecule has 0 aliphatic rings. The van der Waals surface area contributed by atoms with E-state index in [1.165, 1.54) is 13.2 Å². The molecule has 0 unspecified atom stereocenters. The van der Waals surface area contributed by atoms with Gasteiger partial charge in [0.05, 0.1) is 17.7 Å². The van der Waals surface area contributed by atoms with Gasteiger partial charge in [0.15, 0.2) is 6.29 Å². The molecule has 3 nitrogen and oxygen atoms in total. The van der Waals surface area contributed by atoms with Gasteiger partial charge in [-0.2, -0.15) is 0 Å². The fourth-order valence-electron chi connectivity index (χ4n) is 0.736. The van der Waals surface area contributed by atoms with Crippen LogP contribution < -0.4 is 4.74 Å². The largest absolute Gasteiger partial charge is 0.480 e. The van der Waals surface area contributed by atoms with Gasteiger partial charge in [-0.05, 0) is 6.07 Å². The van der Waals surface area contributed by atoms with Crippen molar-refractivity contribution in [1.29, 1.82) is 0 Å². The van der Waals surface area contributed by atoms with Gasteiger partial charge >= 0.3 is 0 Å². The highest BCUT2D eigenvalue weighted by molar-refractivity contribution is 6.35. The molecular formula is C7H5Cl2NO2. The first-order chi connectivity index (χ1) is 5.69.